The van der Waals surface area contributed by atoms with E-state index in [0.717, 1.165) is 4.68 Å². The lowest BCUT2D eigenvalue weighted by molar-refractivity contribution is -0.117. The number of hydrogen-bond acceptors (Lipinski definition) is 6. The molecule has 1 N–H and O–H groups in total. The van der Waals surface area contributed by atoms with E-state index < -0.39 is 17.3 Å². The summed E-state index contributed by atoms with van der Waals surface area (Å²) in [5, 5.41) is 6.70. The molecule has 9 heteroatoms. The van der Waals surface area contributed by atoms with Crippen LogP contribution in [0.4, 0.5) is 10.1 Å². The van der Waals surface area contributed by atoms with Gasteiger partial charge in [-0.05, 0) is 24.3 Å². The van der Waals surface area contributed by atoms with Crippen molar-refractivity contribution < 1.29 is 18.7 Å². The van der Waals surface area contributed by atoms with Crippen molar-refractivity contribution >= 4 is 11.6 Å². The van der Waals surface area contributed by atoms with Crippen LogP contribution in [0.15, 0.2) is 53.5 Å². The van der Waals surface area contributed by atoms with E-state index in [4.69, 9.17) is 9.47 Å². The number of amides is 1. The molecule has 8 nitrogen and oxygen atoms in total. The molecule has 1 amide bonds. The average molecular weight is 384 g/mol. The van der Waals surface area contributed by atoms with E-state index in [2.05, 4.69) is 15.4 Å². The third kappa shape index (κ3) is 4.32. The van der Waals surface area contributed by atoms with Crippen molar-refractivity contribution in [1.29, 1.82) is 0 Å². The number of halogens is 1. The fourth-order valence-corrected chi connectivity index (χ4v) is 2.45. The highest BCUT2D eigenvalue weighted by molar-refractivity contribution is 5.90. The van der Waals surface area contributed by atoms with Crippen molar-refractivity contribution in [1.82, 2.24) is 14.8 Å². The van der Waals surface area contributed by atoms with Crippen LogP contribution in [0.1, 0.15) is 0 Å². The Morgan fingerprint density at radius 3 is 2.61 bits per heavy atom. The molecular weight excluding hydrogens is 367 g/mol. The second kappa shape index (κ2) is 8.30. The number of rotatable bonds is 6. The zero-order valence-electron chi connectivity index (χ0n) is 15.2. The minimum Gasteiger partial charge on any atom is -0.497 e. The highest BCUT2D eigenvalue weighted by atomic mass is 19.1. The molecule has 0 aliphatic heterocycles. The SMILES string of the molecule is COc1ccc(-c2ccc(=O)n(CC(=O)Nc3ccc(OC)nc3)n2)c(F)c1. The second-order valence-electron chi connectivity index (χ2n) is 5.70. The predicted octanol–water partition coefficient (Wildman–Crippen LogP) is 2.10. The van der Waals surface area contributed by atoms with Crippen LogP contribution in [0.25, 0.3) is 11.3 Å². The number of pyridine rings is 1. The zero-order chi connectivity index (χ0) is 20.1. The van der Waals surface area contributed by atoms with Crippen molar-refractivity contribution in [3.63, 3.8) is 0 Å². The van der Waals surface area contributed by atoms with Gasteiger partial charge in [0.1, 0.15) is 18.1 Å². The summed E-state index contributed by atoms with van der Waals surface area (Å²) >= 11 is 0. The first-order valence-electron chi connectivity index (χ1n) is 8.22. The Labute approximate surface area is 159 Å². The quantitative estimate of drug-likeness (QED) is 0.699. The summed E-state index contributed by atoms with van der Waals surface area (Å²) in [6.07, 6.45) is 1.43. The third-order valence-corrected chi connectivity index (χ3v) is 3.84. The molecule has 0 unspecified atom stereocenters. The van der Waals surface area contributed by atoms with Crippen molar-refractivity contribution in [3.8, 4) is 22.9 Å². The zero-order valence-corrected chi connectivity index (χ0v) is 15.2. The highest BCUT2D eigenvalue weighted by Gasteiger charge is 2.12. The molecule has 3 rings (SSSR count). The van der Waals surface area contributed by atoms with E-state index in [1.165, 1.54) is 44.7 Å². The first-order chi connectivity index (χ1) is 13.5. The first kappa shape index (κ1) is 19.0. The number of carbonyl (C=O) groups is 1. The van der Waals surface area contributed by atoms with Gasteiger partial charge in [0, 0.05) is 23.8 Å². The number of carbonyl (C=O) groups excluding carboxylic acids is 1. The van der Waals surface area contributed by atoms with Crippen molar-refractivity contribution in [2.45, 2.75) is 6.54 Å². The summed E-state index contributed by atoms with van der Waals surface area (Å²) in [4.78, 5) is 28.2. The molecule has 28 heavy (non-hydrogen) atoms. The largest absolute Gasteiger partial charge is 0.497 e. The van der Waals surface area contributed by atoms with Gasteiger partial charge in [-0.15, -0.1) is 0 Å². The number of ether oxygens (including phenoxy) is 2. The molecule has 0 bridgehead atoms. The minimum absolute atomic E-state index is 0.189. The Hall–Kier alpha value is -3.75. The van der Waals surface area contributed by atoms with Gasteiger partial charge in [0.2, 0.25) is 11.8 Å². The van der Waals surface area contributed by atoms with E-state index in [1.54, 1.807) is 18.2 Å². The molecule has 0 saturated carbocycles. The Kier molecular flexibility index (Phi) is 5.64. The highest BCUT2D eigenvalue weighted by Crippen LogP contribution is 2.24. The monoisotopic (exact) mass is 384 g/mol. The lowest BCUT2D eigenvalue weighted by Gasteiger charge is -2.09. The molecule has 0 aliphatic rings. The molecule has 3 aromatic rings. The van der Waals surface area contributed by atoms with Crippen molar-refractivity contribution in [3.05, 3.63) is 64.8 Å². The van der Waals surface area contributed by atoms with E-state index in [-0.39, 0.29) is 17.8 Å². The van der Waals surface area contributed by atoms with Gasteiger partial charge < -0.3 is 14.8 Å². The van der Waals surface area contributed by atoms with Crippen LogP contribution in [0.3, 0.4) is 0 Å². The van der Waals surface area contributed by atoms with Crippen LogP contribution < -0.4 is 20.3 Å². The normalized spacial score (nSPS) is 10.4. The number of methoxy groups -OCH3 is 2. The molecule has 144 valence electrons. The molecule has 0 fully saturated rings. The van der Waals surface area contributed by atoms with Gasteiger partial charge >= 0.3 is 0 Å². The maximum Gasteiger partial charge on any atom is 0.267 e. The van der Waals surface area contributed by atoms with Crippen LogP contribution in [0, 0.1) is 5.82 Å². The number of benzene rings is 1. The molecule has 0 saturated heterocycles. The standard InChI is InChI=1S/C19H17FN4O4/c1-27-13-4-5-14(15(20)9-13)16-6-8-19(26)24(23-16)11-17(25)22-12-3-7-18(28-2)21-10-12/h3-10H,11H2,1-2H3,(H,22,25). The van der Waals surface area contributed by atoms with Gasteiger partial charge in [-0.3, -0.25) is 9.59 Å². The molecule has 2 aromatic heterocycles. The second-order valence-corrected chi connectivity index (χ2v) is 5.70. The van der Waals surface area contributed by atoms with Gasteiger partial charge in [-0.2, -0.15) is 5.10 Å². The summed E-state index contributed by atoms with van der Waals surface area (Å²) in [7, 11) is 2.92. The Morgan fingerprint density at radius 2 is 1.96 bits per heavy atom. The van der Waals surface area contributed by atoms with E-state index >= 15 is 0 Å². The van der Waals surface area contributed by atoms with Crippen molar-refractivity contribution in [2.24, 2.45) is 0 Å². The molecule has 0 spiro atoms. The van der Waals surface area contributed by atoms with Crippen LogP contribution >= 0.6 is 0 Å². The van der Waals surface area contributed by atoms with Crippen LogP contribution in [0.2, 0.25) is 0 Å². The molecule has 0 atom stereocenters. The first-order valence-corrected chi connectivity index (χ1v) is 8.22. The number of nitrogens with zero attached hydrogens (tertiary/aromatic N) is 3. The molecule has 0 radical (unpaired) electrons. The molecule has 2 heterocycles. The van der Waals surface area contributed by atoms with Gasteiger partial charge in [0.05, 0.1) is 31.8 Å². The summed E-state index contributed by atoms with van der Waals surface area (Å²) in [6.45, 7) is -0.337. The molecular formula is C19H17FN4O4. The Morgan fingerprint density at radius 1 is 1.14 bits per heavy atom. The maximum absolute atomic E-state index is 14.3. The summed E-state index contributed by atoms with van der Waals surface area (Å²) in [5.74, 6) is -0.258. The number of nitrogens with one attached hydrogen (secondary N) is 1. The molecule has 0 aliphatic carbocycles. The van der Waals surface area contributed by atoms with Gasteiger partial charge in [-0.1, -0.05) is 0 Å². The number of hydrogen-bond donors (Lipinski definition) is 1. The minimum atomic E-state index is -0.550. The summed E-state index contributed by atoms with van der Waals surface area (Å²) < 4.78 is 25.1. The summed E-state index contributed by atoms with van der Waals surface area (Å²) in [6, 6.07) is 10.1. The van der Waals surface area contributed by atoms with Crippen molar-refractivity contribution in [2.75, 3.05) is 19.5 Å². The van der Waals surface area contributed by atoms with Gasteiger partial charge in [0.15, 0.2) is 0 Å². The van der Waals surface area contributed by atoms with Gasteiger partial charge in [-0.25, -0.2) is 14.1 Å². The van der Waals surface area contributed by atoms with E-state index in [9.17, 15) is 14.0 Å². The molecule has 1 aromatic carbocycles. The van der Waals surface area contributed by atoms with E-state index in [1.807, 2.05) is 0 Å². The third-order valence-electron chi connectivity index (χ3n) is 3.84. The number of anilines is 1. The predicted molar refractivity (Wildman–Crippen MR) is 99.9 cm³/mol. The Balaban J connectivity index is 1.79. The number of aromatic nitrogens is 3. The van der Waals surface area contributed by atoms with E-state index in [0.29, 0.717) is 17.3 Å². The smallest absolute Gasteiger partial charge is 0.267 e. The lowest BCUT2D eigenvalue weighted by Crippen LogP contribution is -2.29. The van der Waals surface area contributed by atoms with Crippen LogP contribution in [0.5, 0.6) is 11.6 Å². The van der Waals surface area contributed by atoms with Crippen LogP contribution in [-0.4, -0.2) is 34.9 Å². The fourth-order valence-electron chi connectivity index (χ4n) is 2.45. The fraction of sp³-hybridized carbons (Fsp3) is 0.158. The lowest BCUT2D eigenvalue weighted by atomic mass is 10.1. The maximum atomic E-state index is 14.3. The Bertz CT molecular complexity index is 1050. The summed E-state index contributed by atoms with van der Waals surface area (Å²) in [5.41, 5.74) is 0.366. The topological polar surface area (TPSA) is 95.3 Å². The van der Waals surface area contributed by atoms with Gasteiger partial charge in [0.25, 0.3) is 5.56 Å². The van der Waals surface area contributed by atoms with Crippen LogP contribution in [-0.2, 0) is 11.3 Å². The average Bonchev–Trinajstić information content (AvgIpc) is 2.70.